The van der Waals surface area contributed by atoms with Gasteiger partial charge in [0.15, 0.2) is 5.57 Å². The summed E-state index contributed by atoms with van der Waals surface area (Å²) in [5, 5.41) is 35.6. The average molecular weight is 371 g/mol. The van der Waals surface area contributed by atoms with Crippen LogP contribution in [0.2, 0.25) is 0 Å². The molecule has 26 heavy (non-hydrogen) atoms. The minimum atomic E-state index is -1.11. The lowest BCUT2D eigenvalue weighted by molar-refractivity contribution is -0.142. The van der Waals surface area contributed by atoms with Gasteiger partial charge in [-0.25, -0.2) is 4.79 Å². The minimum Gasteiger partial charge on any atom is -0.510 e. The third kappa shape index (κ3) is 3.41. The molecule has 0 radical (unpaired) electrons. The van der Waals surface area contributed by atoms with Crippen LogP contribution in [0.25, 0.3) is 5.57 Å². The number of hydrogen-bond acceptors (Lipinski definition) is 7. The van der Waals surface area contributed by atoms with Crippen molar-refractivity contribution >= 4 is 35.4 Å². The molecule has 1 amide bonds. The highest BCUT2D eigenvalue weighted by Gasteiger charge is 2.42. The van der Waals surface area contributed by atoms with E-state index >= 15 is 0 Å². The van der Waals surface area contributed by atoms with Gasteiger partial charge in [0, 0.05) is 0 Å². The van der Waals surface area contributed by atoms with Gasteiger partial charge in [0.1, 0.15) is 11.8 Å². The Kier molecular flexibility index (Phi) is 4.95. The zero-order valence-corrected chi connectivity index (χ0v) is 14.1. The molecule has 2 aliphatic rings. The van der Waals surface area contributed by atoms with Crippen molar-refractivity contribution in [2.24, 2.45) is 11.1 Å². The number of aliphatic hydroxyl groups is 1. The van der Waals surface area contributed by atoms with Gasteiger partial charge >= 0.3 is 5.97 Å². The van der Waals surface area contributed by atoms with Gasteiger partial charge in [0.2, 0.25) is 6.61 Å². The van der Waals surface area contributed by atoms with E-state index < -0.39 is 24.4 Å². The number of hydrogen-bond donors (Lipinski definition) is 3. The van der Waals surface area contributed by atoms with Crippen molar-refractivity contribution < 1.29 is 24.6 Å². The Bertz CT molecular complexity index is 883. The van der Waals surface area contributed by atoms with E-state index in [4.69, 9.17) is 10.4 Å². The number of nitriles is 1. The molecule has 132 valence electrons. The molecule has 1 aromatic rings. The fraction of sp³-hybridized carbons (Fsp3) is 0.176. The molecule has 0 saturated heterocycles. The summed E-state index contributed by atoms with van der Waals surface area (Å²) in [7, 11) is 0. The van der Waals surface area contributed by atoms with Crippen molar-refractivity contribution in [2.45, 2.75) is 5.37 Å². The molecule has 9 heteroatoms. The molecule has 1 aromatic carbocycles. The number of aliphatic hydroxyl groups excluding tert-OH is 1. The number of nitrogens with one attached hydrogen (secondary N) is 1. The summed E-state index contributed by atoms with van der Waals surface area (Å²) in [4.78, 5) is 26.7. The summed E-state index contributed by atoms with van der Waals surface area (Å²) >= 11 is 1.37. The smallest absolute Gasteiger partial charge is 0.344 e. The summed E-state index contributed by atoms with van der Waals surface area (Å²) in [6.45, 7) is -0.514. The molecule has 0 fully saturated rings. The lowest BCUT2D eigenvalue weighted by atomic mass is 9.87. The van der Waals surface area contributed by atoms with Crippen LogP contribution in [-0.4, -0.2) is 40.3 Å². The molecule has 3 rings (SSSR count). The summed E-state index contributed by atoms with van der Waals surface area (Å²) in [5.74, 6) is -2.38. The summed E-state index contributed by atoms with van der Waals surface area (Å²) in [6.07, 6.45) is 1.39. The Morgan fingerprint density at radius 2 is 2.15 bits per heavy atom. The number of nitrogens with zero attached hydrogens (tertiary/aromatic N) is 2. The van der Waals surface area contributed by atoms with E-state index in [9.17, 15) is 14.7 Å². The van der Waals surface area contributed by atoms with Gasteiger partial charge in [-0.05, 0) is 22.1 Å². The number of oxime groups is 1. The molecule has 0 saturated carbocycles. The average Bonchev–Trinajstić information content (AvgIpc) is 3.03. The van der Waals surface area contributed by atoms with E-state index in [1.165, 1.54) is 18.0 Å². The number of benzene rings is 1. The van der Waals surface area contributed by atoms with E-state index in [0.29, 0.717) is 5.56 Å². The fourth-order valence-corrected chi connectivity index (χ4v) is 3.83. The van der Waals surface area contributed by atoms with Gasteiger partial charge in [0.05, 0.1) is 17.5 Å². The second-order valence-corrected chi connectivity index (χ2v) is 6.49. The molecule has 2 heterocycles. The monoisotopic (exact) mass is 371 g/mol. The Labute approximate surface area is 152 Å². The van der Waals surface area contributed by atoms with Crippen LogP contribution in [0.1, 0.15) is 11.1 Å². The molecule has 2 unspecified atom stereocenters. The maximum Gasteiger partial charge on any atom is 0.344 e. The van der Waals surface area contributed by atoms with E-state index in [1.807, 2.05) is 17.5 Å². The Morgan fingerprint density at radius 1 is 1.42 bits per heavy atom. The number of fused-ring (bicyclic) bond motifs is 1. The molecule has 0 spiro atoms. The van der Waals surface area contributed by atoms with Crippen LogP contribution in [0.15, 0.2) is 46.2 Å². The van der Waals surface area contributed by atoms with Crippen LogP contribution in [0.4, 0.5) is 0 Å². The van der Waals surface area contributed by atoms with Gasteiger partial charge in [-0.1, -0.05) is 29.4 Å². The highest BCUT2D eigenvalue weighted by Crippen LogP contribution is 2.45. The molecule has 8 nitrogen and oxygen atoms in total. The number of carboxylic acids is 1. The summed E-state index contributed by atoms with van der Waals surface area (Å²) < 4.78 is 0. The number of carbonyl (C=O) groups excluding carboxylic acids is 1. The van der Waals surface area contributed by atoms with E-state index in [1.54, 1.807) is 18.2 Å². The number of carboxylic acid groups (broad SMARTS) is 1. The maximum absolute atomic E-state index is 11.8. The number of thioether (sulfide) groups is 1. The van der Waals surface area contributed by atoms with Gasteiger partial charge in [-0.2, -0.15) is 5.26 Å². The maximum atomic E-state index is 11.8. The highest BCUT2D eigenvalue weighted by atomic mass is 32.2. The van der Waals surface area contributed by atoms with Gasteiger partial charge in [-0.3, -0.25) is 4.79 Å². The lowest BCUT2D eigenvalue weighted by Crippen LogP contribution is -2.43. The predicted molar refractivity (Wildman–Crippen MR) is 93.9 cm³/mol. The minimum absolute atomic E-state index is 0.217. The number of aliphatic carboxylic acids is 1. The Balaban J connectivity index is 1.78. The fourth-order valence-electron chi connectivity index (χ4n) is 2.65. The number of rotatable bonds is 5. The summed E-state index contributed by atoms with van der Waals surface area (Å²) in [6, 6.07) is 8.88. The van der Waals surface area contributed by atoms with Crippen molar-refractivity contribution in [1.29, 1.82) is 5.26 Å². The molecule has 2 atom stereocenters. The van der Waals surface area contributed by atoms with Gasteiger partial charge in [0.25, 0.3) is 5.91 Å². The molecule has 0 aliphatic carbocycles. The highest BCUT2D eigenvalue weighted by molar-refractivity contribution is 8.03. The predicted octanol–water partition coefficient (Wildman–Crippen LogP) is 1.62. The van der Waals surface area contributed by atoms with E-state index in [0.717, 1.165) is 11.1 Å². The number of amides is 1. The van der Waals surface area contributed by atoms with Crippen molar-refractivity contribution in [3.8, 4) is 6.07 Å². The second kappa shape index (κ2) is 7.33. The molecule has 0 bridgehead atoms. The zero-order chi connectivity index (χ0) is 18.7. The SMILES string of the molecule is N#CC1=C(O)C2C(c3ccc(/C=N/OCC(=O)O)cc3)=CSC2NC1=O. The van der Waals surface area contributed by atoms with Crippen molar-refractivity contribution in [1.82, 2.24) is 5.32 Å². The van der Waals surface area contributed by atoms with Crippen molar-refractivity contribution in [3.63, 3.8) is 0 Å². The third-order valence-electron chi connectivity index (χ3n) is 3.85. The van der Waals surface area contributed by atoms with Crippen LogP contribution in [0.3, 0.4) is 0 Å². The third-order valence-corrected chi connectivity index (χ3v) is 4.92. The normalized spacial score (nSPS) is 21.8. The first-order valence-electron chi connectivity index (χ1n) is 7.48. The molecular formula is C17H13N3O5S. The van der Waals surface area contributed by atoms with Crippen LogP contribution in [0, 0.1) is 17.2 Å². The van der Waals surface area contributed by atoms with Crippen LogP contribution >= 0.6 is 11.8 Å². The van der Waals surface area contributed by atoms with Crippen molar-refractivity contribution in [2.75, 3.05) is 6.61 Å². The van der Waals surface area contributed by atoms with Gasteiger partial charge in [-0.15, -0.1) is 11.8 Å². The first-order chi connectivity index (χ1) is 12.5. The second-order valence-electron chi connectivity index (χ2n) is 5.48. The molecule has 0 aromatic heterocycles. The molecule has 3 N–H and O–H groups in total. The number of carbonyl (C=O) groups is 2. The Morgan fingerprint density at radius 3 is 2.81 bits per heavy atom. The largest absolute Gasteiger partial charge is 0.510 e. The molecular weight excluding hydrogens is 358 g/mol. The Hall–Kier alpha value is -3.25. The summed E-state index contributed by atoms with van der Waals surface area (Å²) in [5.41, 5.74) is 2.07. The standard InChI is InChI=1S/C17H13N3O5S/c18-5-11-15(23)14-12(8-26-17(14)20-16(11)24)10-3-1-9(2-4-10)6-19-25-7-13(21)22/h1-4,6,8,14,17,23H,7H2,(H,20,24)(H,21,22)/b19-6+. The first-order valence-corrected chi connectivity index (χ1v) is 8.42. The van der Waals surface area contributed by atoms with Crippen LogP contribution in [0.5, 0.6) is 0 Å². The quantitative estimate of drug-likeness (QED) is 0.529. The molecule has 2 aliphatic heterocycles. The zero-order valence-electron chi connectivity index (χ0n) is 13.2. The van der Waals surface area contributed by atoms with Crippen LogP contribution in [-0.2, 0) is 14.4 Å². The van der Waals surface area contributed by atoms with E-state index in [-0.39, 0.29) is 16.7 Å². The topological polar surface area (TPSA) is 132 Å². The van der Waals surface area contributed by atoms with Crippen molar-refractivity contribution in [3.05, 3.63) is 52.1 Å². The van der Waals surface area contributed by atoms with E-state index in [2.05, 4.69) is 15.3 Å². The van der Waals surface area contributed by atoms with Gasteiger partial charge < -0.3 is 20.4 Å². The van der Waals surface area contributed by atoms with Crippen LogP contribution < -0.4 is 5.32 Å². The lowest BCUT2D eigenvalue weighted by Gasteiger charge is -2.27. The first kappa shape index (κ1) is 17.6.